The molecule has 0 aliphatic rings. The lowest BCUT2D eigenvalue weighted by molar-refractivity contribution is 1.14. The van der Waals surface area contributed by atoms with Gasteiger partial charge in [0.1, 0.15) is 10.8 Å². The van der Waals surface area contributed by atoms with Gasteiger partial charge in [-0.3, -0.25) is 0 Å². The lowest BCUT2D eigenvalue weighted by Crippen LogP contribution is -1.93. The Bertz CT molecular complexity index is 546. The zero-order chi connectivity index (χ0) is 12.4. The van der Waals surface area contributed by atoms with E-state index in [1.807, 2.05) is 24.3 Å². The molecule has 2 rings (SSSR count). The van der Waals surface area contributed by atoms with Crippen LogP contribution in [0.2, 0.25) is 10.0 Å². The maximum absolute atomic E-state index is 6.05. The number of anilines is 1. The van der Waals surface area contributed by atoms with Crippen molar-refractivity contribution in [1.82, 2.24) is 4.98 Å². The number of halogens is 3. The number of hydrogen-bond donors (Lipinski definition) is 1. The molecule has 0 atom stereocenters. The van der Waals surface area contributed by atoms with E-state index in [0.29, 0.717) is 15.1 Å². The lowest BCUT2D eigenvalue weighted by Gasteiger charge is -2.05. The molecule has 0 spiro atoms. The van der Waals surface area contributed by atoms with Crippen molar-refractivity contribution < 1.29 is 0 Å². The molecule has 0 bridgehead atoms. The van der Waals surface area contributed by atoms with Gasteiger partial charge in [0.15, 0.2) is 0 Å². The molecule has 1 heterocycles. The van der Waals surface area contributed by atoms with Gasteiger partial charge in [-0.2, -0.15) is 0 Å². The third-order valence-corrected chi connectivity index (χ3v) is 4.20. The van der Waals surface area contributed by atoms with Crippen LogP contribution < -0.4 is 5.73 Å². The maximum atomic E-state index is 6.05. The summed E-state index contributed by atoms with van der Waals surface area (Å²) < 4.78 is 1.02. The summed E-state index contributed by atoms with van der Waals surface area (Å²) in [6.07, 6.45) is 0. The van der Waals surface area contributed by atoms with Crippen LogP contribution >= 0.6 is 50.9 Å². The SMILES string of the molecule is Nc1nc(Sc2ccc(Br)cc2)c(Cl)cc1Cl. The Labute approximate surface area is 122 Å². The number of nitrogens with zero attached hydrogens (tertiary/aromatic N) is 1. The Balaban J connectivity index is 2.30. The van der Waals surface area contributed by atoms with E-state index in [1.165, 1.54) is 11.8 Å². The first-order valence-electron chi connectivity index (χ1n) is 4.61. The van der Waals surface area contributed by atoms with Gasteiger partial charge in [-0.05, 0) is 30.3 Å². The number of pyridine rings is 1. The summed E-state index contributed by atoms with van der Waals surface area (Å²) in [6, 6.07) is 9.45. The van der Waals surface area contributed by atoms with Crippen molar-refractivity contribution in [3.63, 3.8) is 0 Å². The van der Waals surface area contributed by atoms with Crippen LogP contribution in [0.3, 0.4) is 0 Å². The molecule has 6 heteroatoms. The second-order valence-corrected chi connectivity index (χ2v) is 5.99. The Hall–Kier alpha value is -0.420. The molecule has 0 amide bonds. The summed E-state index contributed by atoms with van der Waals surface area (Å²) in [5.41, 5.74) is 5.64. The number of hydrogen-bond acceptors (Lipinski definition) is 3. The molecule has 1 aromatic carbocycles. The highest BCUT2D eigenvalue weighted by Crippen LogP contribution is 2.35. The zero-order valence-corrected chi connectivity index (χ0v) is 12.4. The topological polar surface area (TPSA) is 38.9 Å². The average Bonchev–Trinajstić information content (AvgIpc) is 2.29. The van der Waals surface area contributed by atoms with Gasteiger partial charge in [-0.15, -0.1) is 0 Å². The van der Waals surface area contributed by atoms with Crippen LogP contribution in [0.5, 0.6) is 0 Å². The van der Waals surface area contributed by atoms with Crippen LogP contribution in [0.25, 0.3) is 0 Å². The Morgan fingerprint density at radius 1 is 1.12 bits per heavy atom. The van der Waals surface area contributed by atoms with Crippen molar-refractivity contribution >= 4 is 56.7 Å². The van der Waals surface area contributed by atoms with Gasteiger partial charge in [-0.25, -0.2) is 4.98 Å². The van der Waals surface area contributed by atoms with Gasteiger partial charge in [-0.1, -0.05) is 50.9 Å². The van der Waals surface area contributed by atoms with E-state index in [-0.39, 0.29) is 5.82 Å². The molecule has 1 aromatic heterocycles. The highest BCUT2D eigenvalue weighted by molar-refractivity contribution is 9.10. The third-order valence-electron chi connectivity index (χ3n) is 1.95. The molecule has 2 nitrogen and oxygen atoms in total. The predicted octanol–water partition coefficient (Wildman–Crippen LogP) is 4.88. The van der Waals surface area contributed by atoms with Crippen molar-refractivity contribution in [2.75, 3.05) is 5.73 Å². The van der Waals surface area contributed by atoms with Crippen LogP contribution in [-0.2, 0) is 0 Å². The number of nitrogens with two attached hydrogens (primary N) is 1. The van der Waals surface area contributed by atoms with Gasteiger partial charge in [0.2, 0.25) is 0 Å². The summed E-state index contributed by atoms with van der Waals surface area (Å²) in [5.74, 6) is 0.288. The largest absolute Gasteiger partial charge is 0.382 e. The molecule has 0 unspecified atom stereocenters. The highest BCUT2D eigenvalue weighted by Gasteiger charge is 2.08. The molecule has 0 aliphatic heterocycles. The fourth-order valence-corrected chi connectivity index (χ4v) is 2.68. The van der Waals surface area contributed by atoms with Crippen LogP contribution in [0.4, 0.5) is 5.82 Å². The zero-order valence-electron chi connectivity index (χ0n) is 8.45. The van der Waals surface area contributed by atoms with E-state index in [0.717, 1.165) is 9.37 Å². The van der Waals surface area contributed by atoms with E-state index >= 15 is 0 Å². The minimum atomic E-state index is 0.288. The predicted molar refractivity (Wildman–Crippen MR) is 76.9 cm³/mol. The van der Waals surface area contributed by atoms with Crippen LogP contribution in [0.1, 0.15) is 0 Å². The van der Waals surface area contributed by atoms with E-state index in [9.17, 15) is 0 Å². The van der Waals surface area contributed by atoms with E-state index < -0.39 is 0 Å². The molecule has 2 aromatic rings. The first-order valence-corrected chi connectivity index (χ1v) is 6.98. The smallest absolute Gasteiger partial charge is 0.143 e. The van der Waals surface area contributed by atoms with E-state index in [2.05, 4.69) is 20.9 Å². The van der Waals surface area contributed by atoms with Gasteiger partial charge in [0.25, 0.3) is 0 Å². The van der Waals surface area contributed by atoms with Crippen molar-refractivity contribution in [2.45, 2.75) is 9.92 Å². The molecular weight excluding hydrogens is 343 g/mol. The van der Waals surface area contributed by atoms with Gasteiger partial charge >= 0.3 is 0 Å². The van der Waals surface area contributed by atoms with Crippen molar-refractivity contribution in [2.24, 2.45) is 0 Å². The lowest BCUT2D eigenvalue weighted by atomic mass is 10.4. The van der Waals surface area contributed by atoms with Gasteiger partial charge < -0.3 is 5.73 Å². The van der Waals surface area contributed by atoms with Crippen molar-refractivity contribution in [3.05, 3.63) is 44.8 Å². The monoisotopic (exact) mass is 348 g/mol. The fraction of sp³-hybridized carbons (Fsp3) is 0. The van der Waals surface area contributed by atoms with Crippen LogP contribution in [0, 0.1) is 0 Å². The standard InChI is InChI=1S/C11H7BrCl2N2S/c12-6-1-3-7(4-2-6)17-11-9(14)5-8(13)10(15)16-11/h1-5H,(H2,15,16). The molecule has 0 saturated carbocycles. The van der Waals surface area contributed by atoms with E-state index in [1.54, 1.807) is 6.07 Å². The summed E-state index contributed by atoms with van der Waals surface area (Å²) in [4.78, 5) is 5.19. The molecule has 0 radical (unpaired) electrons. The third kappa shape index (κ3) is 3.28. The second kappa shape index (κ2) is 5.48. The van der Waals surface area contributed by atoms with Crippen molar-refractivity contribution in [3.8, 4) is 0 Å². The number of aromatic nitrogens is 1. The summed E-state index contributed by atoms with van der Waals surface area (Å²) in [5, 5.41) is 1.52. The van der Waals surface area contributed by atoms with Crippen molar-refractivity contribution in [1.29, 1.82) is 0 Å². The highest BCUT2D eigenvalue weighted by atomic mass is 79.9. The quantitative estimate of drug-likeness (QED) is 0.839. The van der Waals surface area contributed by atoms with E-state index in [4.69, 9.17) is 28.9 Å². The molecule has 88 valence electrons. The molecule has 17 heavy (non-hydrogen) atoms. The van der Waals surface area contributed by atoms with Crippen LogP contribution in [-0.4, -0.2) is 4.98 Å². The number of benzene rings is 1. The maximum Gasteiger partial charge on any atom is 0.143 e. The summed E-state index contributed by atoms with van der Waals surface area (Å²) in [7, 11) is 0. The Morgan fingerprint density at radius 2 is 1.76 bits per heavy atom. The first-order chi connectivity index (χ1) is 8.06. The van der Waals surface area contributed by atoms with Gasteiger partial charge in [0.05, 0.1) is 10.0 Å². The van der Waals surface area contributed by atoms with Gasteiger partial charge in [0, 0.05) is 9.37 Å². The first kappa shape index (κ1) is 13.0. The normalized spacial score (nSPS) is 10.5. The molecule has 0 aliphatic carbocycles. The Morgan fingerprint density at radius 3 is 2.41 bits per heavy atom. The fourth-order valence-electron chi connectivity index (χ4n) is 1.15. The Kier molecular flexibility index (Phi) is 4.20. The number of nitrogen functional groups attached to an aromatic ring is 1. The molecule has 0 fully saturated rings. The molecular formula is C11H7BrCl2N2S. The second-order valence-electron chi connectivity index (χ2n) is 3.20. The number of rotatable bonds is 2. The minimum absolute atomic E-state index is 0.288. The summed E-state index contributed by atoms with van der Waals surface area (Å²) >= 11 is 16.7. The average molecular weight is 350 g/mol. The molecule has 0 saturated heterocycles. The molecule has 2 N–H and O–H groups in total. The van der Waals surface area contributed by atoms with Crippen LogP contribution in [0.15, 0.2) is 44.7 Å². The minimum Gasteiger partial charge on any atom is -0.382 e. The summed E-state index contributed by atoms with van der Waals surface area (Å²) in [6.45, 7) is 0.